The molecular weight excluding hydrogens is 398 g/mol. The van der Waals surface area contributed by atoms with Gasteiger partial charge in [0.05, 0.1) is 11.4 Å². The van der Waals surface area contributed by atoms with E-state index >= 15 is 0 Å². The van der Waals surface area contributed by atoms with Crippen LogP contribution in [0.2, 0.25) is 5.02 Å². The zero-order chi connectivity index (χ0) is 20.1. The number of nitrogens with one attached hydrogen (secondary N) is 2. The maximum absolute atomic E-state index is 12.5. The molecule has 6 nitrogen and oxygen atoms in total. The van der Waals surface area contributed by atoms with Crippen LogP contribution in [0.25, 0.3) is 0 Å². The number of halogens is 1. The average molecular weight is 418 g/mol. The van der Waals surface area contributed by atoms with E-state index in [2.05, 4.69) is 10.0 Å². The molecule has 0 unspecified atom stereocenters. The molecule has 3 rings (SSSR count). The number of hydrogen-bond donors (Lipinski definition) is 2. The average Bonchev–Trinajstić information content (AvgIpc) is 3.09. The number of carbonyl (C=O) groups excluding carboxylic acids is 1. The number of carbonyl (C=O) groups is 1. The third-order valence-electron chi connectivity index (χ3n) is 4.12. The summed E-state index contributed by atoms with van der Waals surface area (Å²) in [4.78, 5) is 11.2. The van der Waals surface area contributed by atoms with Crippen molar-refractivity contribution in [2.24, 2.45) is 0 Å². The summed E-state index contributed by atoms with van der Waals surface area (Å²) < 4.78 is 29.7. The molecule has 28 heavy (non-hydrogen) atoms. The Morgan fingerprint density at radius 3 is 2.36 bits per heavy atom. The Morgan fingerprint density at radius 1 is 1.04 bits per heavy atom. The van der Waals surface area contributed by atoms with E-state index in [4.69, 9.17) is 11.6 Å². The van der Waals surface area contributed by atoms with Crippen LogP contribution >= 0.6 is 11.6 Å². The number of rotatable bonds is 7. The van der Waals surface area contributed by atoms with Gasteiger partial charge < -0.3 is 9.88 Å². The minimum atomic E-state index is -3.67. The van der Waals surface area contributed by atoms with Gasteiger partial charge >= 0.3 is 0 Å². The summed E-state index contributed by atoms with van der Waals surface area (Å²) in [6.07, 6.45) is 1.90. The highest BCUT2D eigenvalue weighted by atomic mass is 35.5. The monoisotopic (exact) mass is 417 g/mol. The molecule has 1 amide bonds. The first-order chi connectivity index (χ1) is 13.3. The number of sulfonamides is 1. The molecule has 8 heteroatoms. The van der Waals surface area contributed by atoms with Gasteiger partial charge in [0.1, 0.15) is 0 Å². The van der Waals surface area contributed by atoms with Gasteiger partial charge in [-0.2, -0.15) is 0 Å². The van der Waals surface area contributed by atoms with Crippen LogP contribution in [0.1, 0.15) is 18.2 Å². The highest BCUT2D eigenvalue weighted by Crippen LogP contribution is 2.16. The molecular formula is C20H20ClN3O3S. The number of nitrogens with zero attached hydrogens (tertiary/aromatic N) is 1. The van der Waals surface area contributed by atoms with Gasteiger partial charge in [0.25, 0.3) is 0 Å². The molecule has 0 aliphatic carbocycles. The molecule has 0 aliphatic rings. The van der Waals surface area contributed by atoms with Crippen LogP contribution in [0, 0.1) is 0 Å². The fourth-order valence-electron chi connectivity index (χ4n) is 2.72. The molecule has 1 heterocycles. The Hall–Kier alpha value is -2.61. The maximum Gasteiger partial charge on any atom is 0.240 e. The van der Waals surface area contributed by atoms with Crippen molar-refractivity contribution in [1.29, 1.82) is 0 Å². The van der Waals surface area contributed by atoms with Gasteiger partial charge in [0.2, 0.25) is 15.9 Å². The molecule has 0 radical (unpaired) electrons. The summed E-state index contributed by atoms with van der Waals surface area (Å²) in [7, 11) is -3.67. The molecule has 0 fully saturated rings. The van der Waals surface area contributed by atoms with Crippen LogP contribution < -0.4 is 10.0 Å². The molecule has 0 atom stereocenters. The minimum Gasteiger partial charge on any atom is -0.346 e. The van der Waals surface area contributed by atoms with Crippen molar-refractivity contribution in [2.75, 3.05) is 5.32 Å². The van der Waals surface area contributed by atoms with Gasteiger partial charge in [-0.3, -0.25) is 4.79 Å². The Kier molecular flexibility index (Phi) is 6.18. The van der Waals surface area contributed by atoms with Crippen molar-refractivity contribution in [3.8, 4) is 0 Å². The predicted octanol–water partition coefficient (Wildman–Crippen LogP) is 3.63. The topological polar surface area (TPSA) is 80.2 Å². The lowest BCUT2D eigenvalue weighted by Gasteiger charge is -2.11. The SMILES string of the molecule is CC(=O)Nc1ccc(S(=O)(=O)NCc2cccn2Cc2ccc(Cl)cc2)cc1. The fourth-order valence-corrected chi connectivity index (χ4v) is 3.85. The Morgan fingerprint density at radius 2 is 1.71 bits per heavy atom. The molecule has 0 saturated carbocycles. The summed E-state index contributed by atoms with van der Waals surface area (Å²) in [5, 5.41) is 3.28. The van der Waals surface area contributed by atoms with Crippen molar-refractivity contribution >= 4 is 33.2 Å². The number of aromatic nitrogens is 1. The van der Waals surface area contributed by atoms with Crippen LogP contribution in [0.5, 0.6) is 0 Å². The molecule has 0 bridgehead atoms. The van der Waals surface area contributed by atoms with Gasteiger partial charge in [-0.25, -0.2) is 13.1 Å². The fraction of sp³-hybridized carbons (Fsp3) is 0.150. The third-order valence-corrected chi connectivity index (χ3v) is 5.79. The molecule has 2 aromatic carbocycles. The number of benzene rings is 2. The number of hydrogen-bond acceptors (Lipinski definition) is 3. The van der Waals surface area contributed by atoms with Crippen molar-refractivity contribution in [2.45, 2.75) is 24.9 Å². The Balaban J connectivity index is 1.67. The molecule has 0 spiro atoms. The first kappa shape index (κ1) is 20.1. The number of amides is 1. The first-order valence-corrected chi connectivity index (χ1v) is 10.5. The zero-order valence-corrected chi connectivity index (χ0v) is 16.8. The van der Waals surface area contributed by atoms with Crippen LogP contribution in [-0.4, -0.2) is 18.9 Å². The second kappa shape index (κ2) is 8.60. The molecule has 146 valence electrons. The van der Waals surface area contributed by atoms with Gasteiger partial charge in [0.15, 0.2) is 0 Å². The van der Waals surface area contributed by atoms with Gasteiger partial charge in [-0.15, -0.1) is 0 Å². The van der Waals surface area contributed by atoms with E-state index in [1.54, 1.807) is 12.1 Å². The van der Waals surface area contributed by atoms with Crippen LogP contribution in [0.3, 0.4) is 0 Å². The molecule has 3 aromatic rings. The highest BCUT2D eigenvalue weighted by Gasteiger charge is 2.15. The third kappa shape index (κ3) is 5.22. The van der Waals surface area contributed by atoms with E-state index < -0.39 is 10.0 Å². The van der Waals surface area contributed by atoms with Crippen molar-refractivity contribution in [1.82, 2.24) is 9.29 Å². The van der Waals surface area contributed by atoms with Gasteiger partial charge in [0, 0.05) is 36.1 Å². The van der Waals surface area contributed by atoms with Crippen LogP contribution in [0.4, 0.5) is 5.69 Å². The highest BCUT2D eigenvalue weighted by molar-refractivity contribution is 7.89. The van der Waals surface area contributed by atoms with E-state index in [0.29, 0.717) is 17.3 Å². The molecule has 0 aliphatic heterocycles. The van der Waals surface area contributed by atoms with E-state index in [1.807, 2.05) is 47.2 Å². The second-order valence-corrected chi connectivity index (χ2v) is 8.49. The molecule has 0 saturated heterocycles. The van der Waals surface area contributed by atoms with Crippen LogP contribution in [0.15, 0.2) is 71.8 Å². The Bertz CT molecular complexity index is 1060. The summed E-state index contributed by atoms with van der Waals surface area (Å²) in [6.45, 7) is 2.17. The van der Waals surface area contributed by atoms with Gasteiger partial charge in [-0.05, 0) is 54.1 Å². The lowest BCUT2D eigenvalue weighted by atomic mass is 10.2. The van der Waals surface area contributed by atoms with E-state index in [-0.39, 0.29) is 17.3 Å². The number of anilines is 1. The predicted molar refractivity (Wildman–Crippen MR) is 110 cm³/mol. The molecule has 2 N–H and O–H groups in total. The van der Waals surface area contributed by atoms with Gasteiger partial charge in [-0.1, -0.05) is 23.7 Å². The molecule has 1 aromatic heterocycles. The second-order valence-electron chi connectivity index (χ2n) is 6.28. The minimum absolute atomic E-state index is 0.136. The lowest BCUT2D eigenvalue weighted by Crippen LogP contribution is -2.24. The summed E-state index contributed by atoms with van der Waals surface area (Å²) >= 11 is 5.91. The Labute approximate surface area is 169 Å². The normalized spacial score (nSPS) is 11.4. The summed E-state index contributed by atoms with van der Waals surface area (Å²) in [5.74, 6) is -0.213. The van der Waals surface area contributed by atoms with E-state index in [9.17, 15) is 13.2 Å². The van der Waals surface area contributed by atoms with E-state index in [1.165, 1.54) is 19.1 Å². The summed E-state index contributed by atoms with van der Waals surface area (Å²) in [6, 6.07) is 17.3. The lowest BCUT2D eigenvalue weighted by molar-refractivity contribution is -0.114. The summed E-state index contributed by atoms with van der Waals surface area (Å²) in [5.41, 5.74) is 2.45. The zero-order valence-electron chi connectivity index (χ0n) is 15.2. The van der Waals surface area contributed by atoms with E-state index in [0.717, 1.165) is 11.3 Å². The quantitative estimate of drug-likeness (QED) is 0.616. The maximum atomic E-state index is 12.5. The van der Waals surface area contributed by atoms with Crippen molar-refractivity contribution < 1.29 is 13.2 Å². The van der Waals surface area contributed by atoms with Crippen molar-refractivity contribution in [3.05, 3.63) is 83.1 Å². The van der Waals surface area contributed by atoms with Crippen molar-refractivity contribution in [3.63, 3.8) is 0 Å². The largest absolute Gasteiger partial charge is 0.346 e. The smallest absolute Gasteiger partial charge is 0.240 e. The van der Waals surface area contributed by atoms with Crippen LogP contribution in [-0.2, 0) is 27.9 Å². The standard InChI is InChI=1S/C20H20ClN3O3S/c1-15(25)23-18-8-10-20(11-9-18)28(26,27)22-13-19-3-2-12-24(19)14-16-4-6-17(21)7-5-16/h2-12,22H,13-14H2,1H3,(H,23,25). The first-order valence-electron chi connectivity index (χ1n) is 8.59.